The van der Waals surface area contributed by atoms with Gasteiger partial charge in [-0.15, -0.1) is 0 Å². The second kappa shape index (κ2) is 10.2. The molecule has 0 radical (unpaired) electrons. The molecule has 38 heavy (non-hydrogen) atoms. The molecule has 10 heteroatoms. The molecule has 0 saturated carbocycles. The van der Waals surface area contributed by atoms with E-state index in [0.717, 1.165) is 22.7 Å². The molecule has 0 aromatic heterocycles. The summed E-state index contributed by atoms with van der Waals surface area (Å²) in [7, 11) is 15.6. The smallest absolute Gasteiger partial charge is 0.341 e. The summed E-state index contributed by atoms with van der Waals surface area (Å²) in [6.45, 7) is 0. The maximum absolute atomic E-state index is 13.7. The predicted molar refractivity (Wildman–Crippen MR) is 162 cm³/mol. The number of ether oxygens (including phenoxy) is 1. The van der Waals surface area contributed by atoms with Crippen LogP contribution in [0.5, 0.6) is 0 Å². The molecule has 0 saturated heterocycles. The van der Waals surface area contributed by atoms with Crippen molar-refractivity contribution in [3.05, 3.63) is 78.7 Å². The van der Waals surface area contributed by atoms with Crippen LogP contribution in [0.4, 0.5) is 22.7 Å². The fraction of sp³-hybridized carbons (Fsp3) is 0.321. The number of cyclic esters (lactones) is 1. The number of carbonyl (C=O) groups excluding carboxylic acids is 1. The van der Waals surface area contributed by atoms with E-state index in [1.165, 1.54) is 0 Å². The molecule has 202 valence electrons. The van der Waals surface area contributed by atoms with E-state index in [0.29, 0.717) is 16.7 Å². The molecule has 1 aliphatic rings. The summed E-state index contributed by atoms with van der Waals surface area (Å²) in [4.78, 5) is 21.6. The van der Waals surface area contributed by atoms with Gasteiger partial charge >= 0.3 is 5.97 Å². The molecular weight excluding hydrogens is 566 g/mol. The first kappa shape index (κ1) is 28.5. The molecule has 0 fully saturated rings. The topological polar surface area (TPSA) is 39.3 Å². The Morgan fingerprint density at radius 3 is 1.42 bits per heavy atom. The van der Waals surface area contributed by atoms with Crippen molar-refractivity contribution < 1.29 is 9.53 Å². The minimum Gasteiger partial charge on any atom is -0.440 e. The Balaban J connectivity index is 2.25. The van der Waals surface area contributed by atoms with Crippen molar-refractivity contribution in [1.82, 2.24) is 0 Å². The first-order valence-corrected chi connectivity index (χ1v) is 13.3. The van der Waals surface area contributed by atoms with E-state index in [1.807, 2.05) is 112 Å². The fourth-order valence-electron chi connectivity index (χ4n) is 4.85. The van der Waals surface area contributed by atoms with Crippen LogP contribution in [0, 0.1) is 0 Å². The monoisotopic (exact) mass is 594 g/mol. The van der Waals surface area contributed by atoms with Gasteiger partial charge in [-0.2, -0.15) is 0 Å². The van der Waals surface area contributed by atoms with E-state index in [4.69, 9.17) is 51.1 Å². The van der Waals surface area contributed by atoms with Gasteiger partial charge in [-0.05, 0) is 24.3 Å². The zero-order valence-electron chi connectivity index (χ0n) is 22.6. The standard InChI is InChI=1S/C28H30Cl4N4O2/c1-33(2)15-9-11-17(19(13-15)35(5)6)28(18-12-10-16(34(3)4)14-20(18)36(7)8)22-21(27(37)38-28)23(29)25(31)26(32)24(22)30/h9-14H,1-8H3. The van der Waals surface area contributed by atoms with Crippen LogP contribution in [0.15, 0.2) is 36.4 Å². The lowest BCUT2D eigenvalue weighted by Crippen LogP contribution is -2.34. The highest BCUT2D eigenvalue weighted by Gasteiger charge is 2.54. The van der Waals surface area contributed by atoms with Gasteiger partial charge in [0, 0.05) is 95.8 Å². The Kier molecular flexibility index (Phi) is 7.67. The van der Waals surface area contributed by atoms with Gasteiger partial charge in [-0.3, -0.25) is 0 Å². The van der Waals surface area contributed by atoms with Crippen LogP contribution < -0.4 is 19.6 Å². The zero-order chi connectivity index (χ0) is 28.3. The van der Waals surface area contributed by atoms with Gasteiger partial charge < -0.3 is 24.3 Å². The molecule has 0 spiro atoms. The number of esters is 1. The van der Waals surface area contributed by atoms with E-state index in [1.54, 1.807) is 0 Å². The van der Waals surface area contributed by atoms with Crippen LogP contribution in [-0.4, -0.2) is 62.4 Å². The number of halogens is 4. The van der Waals surface area contributed by atoms with E-state index >= 15 is 0 Å². The van der Waals surface area contributed by atoms with Crippen LogP contribution in [0.3, 0.4) is 0 Å². The largest absolute Gasteiger partial charge is 0.440 e. The maximum atomic E-state index is 13.7. The Morgan fingerprint density at radius 2 is 1.03 bits per heavy atom. The number of hydrogen-bond donors (Lipinski definition) is 0. The first-order valence-electron chi connectivity index (χ1n) is 11.8. The molecular formula is C28H30Cl4N4O2. The molecule has 1 heterocycles. The lowest BCUT2D eigenvalue weighted by atomic mass is 9.77. The molecule has 1 aliphatic heterocycles. The number of anilines is 4. The second-order valence-electron chi connectivity index (χ2n) is 10.1. The summed E-state index contributed by atoms with van der Waals surface area (Å²) in [5.74, 6) is -0.631. The molecule has 3 aromatic carbocycles. The van der Waals surface area contributed by atoms with Gasteiger partial charge in [0.1, 0.15) is 0 Å². The average molecular weight is 596 g/mol. The quantitative estimate of drug-likeness (QED) is 0.173. The van der Waals surface area contributed by atoms with Crippen molar-refractivity contribution >= 4 is 75.1 Å². The van der Waals surface area contributed by atoms with E-state index < -0.39 is 11.6 Å². The van der Waals surface area contributed by atoms with Crippen LogP contribution in [0.2, 0.25) is 20.1 Å². The Bertz CT molecular complexity index is 1370. The number of rotatable bonds is 6. The third kappa shape index (κ3) is 4.32. The lowest BCUT2D eigenvalue weighted by Gasteiger charge is -2.37. The number of carbonyl (C=O) groups is 1. The third-order valence-electron chi connectivity index (χ3n) is 6.79. The number of fused-ring (bicyclic) bond motifs is 1. The minimum atomic E-state index is -1.48. The summed E-state index contributed by atoms with van der Waals surface area (Å²) in [5, 5.41) is 0.198. The molecule has 4 rings (SSSR count). The number of hydrogen-bond acceptors (Lipinski definition) is 6. The van der Waals surface area contributed by atoms with Crippen LogP contribution >= 0.6 is 46.4 Å². The van der Waals surface area contributed by atoms with Gasteiger partial charge in [-0.25, -0.2) is 4.79 Å². The van der Waals surface area contributed by atoms with Gasteiger partial charge in [0.05, 0.1) is 25.7 Å². The van der Waals surface area contributed by atoms with Gasteiger partial charge in [0.2, 0.25) is 0 Å². The van der Waals surface area contributed by atoms with Gasteiger partial charge in [0.15, 0.2) is 5.60 Å². The van der Waals surface area contributed by atoms with Crippen LogP contribution in [0.25, 0.3) is 0 Å². The Labute approximate surface area is 244 Å². The predicted octanol–water partition coefficient (Wildman–Crippen LogP) is 7.03. The average Bonchev–Trinajstić information content (AvgIpc) is 3.18. The van der Waals surface area contributed by atoms with Crippen LogP contribution in [0.1, 0.15) is 27.0 Å². The summed E-state index contributed by atoms with van der Waals surface area (Å²) in [6, 6.07) is 12.0. The molecule has 6 nitrogen and oxygen atoms in total. The molecule has 0 aliphatic carbocycles. The van der Waals surface area contributed by atoms with E-state index in [-0.39, 0.29) is 25.7 Å². The molecule has 0 N–H and O–H groups in total. The summed E-state index contributed by atoms with van der Waals surface area (Å²) >= 11 is 26.6. The van der Waals surface area contributed by atoms with E-state index in [2.05, 4.69) is 0 Å². The van der Waals surface area contributed by atoms with Crippen molar-refractivity contribution in [3.63, 3.8) is 0 Å². The van der Waals surface area contributed by atoms with Crippen molar-refractivity contribution in [1.29, 1.82) is 0 Å². The first-order chi connectivity index (χ1) is 17.7. The highest BCUT2D eigenvalue weighted by atomic mass is 35.5. The second-order valence-corrected chi connectivity index (χ2v) is 11.6. The van der Waals surface area contributed by atoms with Gasteiger partial charge in [-0.1, -0.05) is 58.5 Å². The SMILES string of the molecule is CN(C)c1ccc(C2(c3ccc(N(C)C)cc3N(C)C)OC(=O)c3c(Cl)c(Cl)c(Cl)c(Cl)c32)c(N(C)C)c1. The maximum Gasteiger partial charge on any atom is 0.341 e. The zero-order valence-corrected chi connectivity index (χ0v) is 25.6. The highest BCUT2D eigenvalue weighted by Crippen LogP contribution is 2.58. The Hall–Kier alpha value is -2.51. The number of nitrogens with zero attached hydrogens (tertiary/aromatic N) is 4. The van der Waals surface area contributed by atoms with Crippen molar-refractivity contribution in [3.8, 4) is 0 Å². The summed E-state index contributed by atoms with van der Waals surface area (Å²) in [6.07, 6.45) is 0. The highest BCUT2D eigenvalue weighted by molar-refractivity contribution is 6.53. The van der Waals surface area contributed by atoms with Gasteiger partial charge in [0.25, 0.3) is 0 Å². The molecule has 0 amide bonds. The van der Waals surface area contributed by atoms with Crippen molar-refractivity contribution in [2.75, 3.05) is 76.0 Å². The van der Waals surface area contributed by atoms with Crippen LogP contribution in [-0.2, 0) is 10.3 Å². The summed E-state index contributed by atoms with van der Waals surface area (Å²) < 4.78 is 6.44. The molecule has 0 atom stereocenters. The minimum absolute atomic E-state index is 0.00979. The molecule has 3 aromatic rings. The Morgan fingerprint density at radius 1 is 0.605 bits per heavy atom. The normalized spacial score (nSPS) is 13.7. The fourth-order valence-corrected chi connectivity index (χ4v) is 5.91. The van der Waals surface area contributed by atoms with E-state index in [9.17, 15) is 4.79 Å². The molecule has 0 bridgehead atoms. The van der Waals surface area contributed by atoms with Crippen molar-refractivity contribution in [2.45, 2.75) is 5.60 Å². The van der Waals surface area contributed by atoms with Crippen molar-refractivity contribution in [2.24, 2.45) is 0 Å². The molecule has 0 unspecified atom stereocenters. The third-order valence-corrected chi connectivity index (χ3v) is 8.59. The number of benzene rings is 3. The lowest BCUT2D eigenvalue weighted by molar-refractivity contribution is 0.0255. The summed E-state index contributed by atoms with van der Waals surface area (Å²) in [5.41, 5.74) is 4.02.